The van der Waals surface area contributed by atoms with Crippen LogP contribution in [0.3, 0.4) is 0 Å². The van der Waals surface area contributed by atoms with Crippen LogP contribution in [0.25, 0.3) is 0 Å². The minimum Gasteiger partial charge on any atom is -0.329 e. The average molecular weight is 236 g/mol. The zero-order valence-electron chi connectivity index (χ0n) is 10.4. The molecule has 3 heteroatoms. The van der Waals surface area contributed by atoms with Crippen LogP contribution in [-0.2, 0) is 0 Å². The van der Waals surface area contributed by atoms with E-state index in [-0.39, 0.29) is 11.9 Å². The van der Waals surface area contributed by atoms with Crippen LogP contribution in [0.1, 0.15) is 37.8 Å². The number of piperidine rings is 1. The molecule has 0 spiro atoms. The predicted octanol–water partition coefficient (Wildman–Crippen LogP) is 2.70. The van der Waals surface area contributed by atoms with Crippen LogP contribution in [-0.4, -0.2) is 24.0 Å². The maximum Gasteiger partial charge on any atom is 0.123 e. The van der Waals surface area contributed by atoms with E-state index in [4.69, 9.17) is 5.73 Å². The smallest absolute Gasteiger partial charge is 0.123 e. The van der Waals surface area contributed by atoms with Crippen LogP contribution < -0.4 is 5.73 Å². The van der Waals surface area contributed by atoms with Crippen molar-refractivity contribution in [3.8, 4) is 0 Å². The molecule has 0 aromatic heterocycles. The number of rotatable bonds is 3. The Kier molecular flexibility index (Phi) is 4.13. The Morgan fingerprint density at radius 2 is 2.29 bits per heavy atom. The first kappa shape index (κ1) is 12.5. The summed E-state index contributed by atoms with van der Waals surface area (Å²) in [7, 11) is 0. The molecule has 1 aliphatic rings. The van der Waals surface area contributed by atoms with Gasteiger partial charge in [0.15, 0.2) is 0 Å². The van der Waals surface area contributed by atoms with E-state index in [9.17, 15) is 4.39 Å². The molecule has 2 N–H and O–H groups in total. The van der Waals surface area contributed by atoms with Crippen molar-refractivity contribution in [2.75, 3.05) is 13.1 Å². The third-order valence-corrected chi connectivity index (χ3v) is 3.71. The molecule has 1 saturated heterocycles. The Morgan fingerprint density at radius 3 is 2.94 bits per heavy atom. The number of likely N-dealkylation sites (tertiary alicyclic amines) is 1. The zero-order valence-corrected chi connectivity index (χ0v) is 10.4. The first-order valence-electron chi connectivity index (χ1n) is 6.43. The molecule has 2 nitrogen and oxygen atoms in total. The van der Waals surface area contributed by atoms with Gasteiger partial charge in [-0.15, -0.1) is 0 Å². The molecular formula is C14H21FN2. The largest absolute Gasteiger partial charge is 0.329 e. The van der Waals surface area contributed by atoms with Crippen molar-refractivity contribution in [1.29, 1.82) is 0 Å². The highest BCUT2D eigenvalue weighted by molar-refractivity contribution is 5.21. The number of hydrogen-bond acceptors (Lipinski definition) is 2. The van der Waals surface area contributed by atoms with Gasteiger partial charge in [-0.2, -0.15) is 0 Å². The summed E-state index contributed by atoms with van der Waals surface area (Å²) in [6.07, 6.45) is 3.72. The summed E-state index contributed by atoms with van der Waals surface area (Å²) in [4.78, 5) is 2.41. The normalized spacial score (nSPS) is 23.6. The molecule has 2 unspecified atom stereocenters. The molecule has 94 valence electrons. The van der Waals surface area contributed by atoms with Gasteiger partial charge in [-0.1, -0.05) is 18.6 Å². The number of benzene rings is 1. The lowest BCUT2D eigenvalue weighted by atomic mass is 9.97. The first-order chi connectivity index (χ1) is 8.22. The second-order valence-electron chi connectivity index (χ2n) is 4.89. The summed E-state index contributed by atoms with van der Waals surface area (Å²) in [6, 6.07) is 7.53. The molecule has 1 heterocycles. The molecule has 1 aromatic rings. The van der Waals surface area contributed by atoms with Crippen molar-refractivity contribution in [3.63, 3.8) is 0 Å². The lowest BCUT2D eigenvalue weighted by Gasteiger charge is -2.39. The topological polar surface area (TPSA) is 29.3 Å². The van der Waals surface area contributed by atoms with E-state index < -0.39 is 0 Å². The van der Waals surface area contributed by atoms with Crippen molar-refractivity contribution in [2.24, 2.45) is 5.73 Å². The van der Waals surface area contributed by atoms with Crippen molar-refractivity contribution in [3.05, 3.63) is 35.6 Å². The molecule has 2 atom stereocenters. The van der Waals surface area contributed by atoms with Gasteiger partial charge in [0.1, 0.15) is 5.82 Å². The van der Waals surface area contributed by atoms with E-state index in [0.29, 0.717) is 12.6 Å². The SMILES string of the molecule is CC1CCCCN1C(CN)c1cccc(F)c1. The van der Waals surface area contributed by atoms with Crippen LogP contribution >= 0.6 is 0 Å². The highest BCUT2D eigenvalue weighted by Gasteiger charge is 2.26. The van der Waals surface area contributed by atoms with Crippen LogP contribution in [0.2, 0.25) is 0 Å². The van der Waals surface area contributed by atoms with Crippen molar-refractivity contribution in [2.45, 2.75) is 38.3 Å². The summed E-state index contributed by atoms with van der Waals surface area (Å²) in [5.74, 6) is -0.175. The second-order valence-corrected chi connectivity index (χ2v) is 4.89. The molecule has 0 radical (unpaired) electrons. The maximum absolute atomic E-state index is 13.3. The molecule has 0 amide bonds. The van der Waals surface area contributed by atoms with E-state index in [0.717, 1.165) is 12.1 Å². The summed E-state index contributed by atoms with van der Waals surface area (Å²) in [5, 5.41) is 0. The number of halogens is 1. The number of hydrogen-bond donors (Lipinski definition) is 1. The second kappa shape index (κ2) is 5.61. The summed E-state index contributed by atoms with van der Waals surface area (Å²) < 4.78 is 13.3. The predicted molar refractivity (Wildman–Crippen MR) is 68.2 cm³/mol. The first-order valence-corrected chi connectivity index (χ1v) is 6.43. The van der Waals surface area contributed by atoms with E-state index >= 15 is 0 Å². The lowest BCUT2D eigenvalue weighted by Crippen LogP contribution is -2.43. The minimum absolute atomic E-state index is 0.154. The molecule has 1 fully saturated rings. The molecule has 2 rings (SSSR count). The van der Waals surface area contributed by atoms with E-state index in [1.54, 1.807) is 12.1 Å². The van der Waals surface area contributed by atoms with Crippen molar-refractivity contribution >= 4 is 0 Å². The summed E-state index contributed by atoms with van der Waals surface area (Å²) in [6.45, 7) is 3.86. The van der Waals surface area contributed by atoms with Crippen molar-refractivity contribution < 1.29 is 4.39 Å². The van der Waals surface area contributed by atoms with Gasteiger partial charge in [-0.05, 0) is 44.0 Å². The third kappa shape index (κ3) is 2.85. The Bertz CT molecular complexity index is 367. The Labute approximate surface area is 103 Å². The molecule has 0 aliphatic carbocycles. The van der Waals surface area contributed by atoms with E-state index in [2.05, 4.69) is 11.8 Å². The van der Waals surface area contributed by atoms with Gasteiger partial charge in [-0.3, -0.25) is 4.90 Å². The molecule has 0 bridgehead atoms. The molecule has 1 aromatic carbocycles. The third-order valence-electron chi connectivity index (χ3n) is 3.71. The summed E-state index contributed by atoms with van der Waals surface area (Å²) in [5.41, 5.74) is 6.88. The fourth-order valence-electron chi connectivity index (χ4n) is 2.76. The van der Waals surface area contributed by atoms with E-state index in [1.165, 1.54) is 25.3 Å². The van der Waals surface area contributed by atoms with Crippen LogP contribution in [0.15, 0.2) is 24.3 Å². The van der Waals surface area contributed by atoms with Crippen LogP contribution in [0, 0.1) is 5.82 Å². The van der Waals surface area contributed by atoms with Gasteiger partial charge >= 0.3 is 0 Å². The van der Waals surface area contributed by atoms with E-state index in [1.807, 2.05) is 6.07 Å². The van der Waals surface area contributed by atoms with Gasteiger partial charge in [0.2, 0.25) is 0 Å². The van der Waals surface area contributed by atoms with Crippen LogP contribution in [0.4, 0.5) is 4.39 Å². The highest BCUT2D eigenvalue weighted by atomic mass is 19.1. The quantitative estimate of drug-likeness (QED) is 0.874. The minimum atomic E-state index is -0.175. The summed E-state index contributed by atoms with van der Waals surface area (Å²) >= 11 is 0. The van der Waals surface area contributed by atoms with Gasteiger partial charge in [-0.25, -0.2) is 4.39 Å². The monoisotopic (exact) mass is 236 g/mol. The number of nitrogens with two attached hydrogens (primary N) is 1. The Morgan fingerprint density at radius 1 is 1.47 bits per heavy atom. The maximum atomic E-state index is 13.3. The fraction of sp³-hybridized carbons (Fsp3) is 0.571. The van der Waals surface area contributed by atoms with Gasteiger partial charge in [0.05, 0.1) is 0 Å². The molecular weight excluding hydrogens is 215 g/mol. The van der Waals surface area contributed by atoms with Gasteiger partial charge in [0, 0.05) is 18.6 Å². The highest BCUT2D eigenvalue weighted by Crippen LogP contribution is 2.28. The molecule has 0 saturated carbocycles. The fourth-order valence-corrected chi connectivity index (χ4v) is 2.76. The number of nitrogens with zero attached hydrogens (tertiary/aromatic N) is 1. The van der Waals surface area contributed by atoms with Crippen molar-refractivity contribution in [1.82, 2.24) is 4.90 Å². The molecule has 17 heavy (non-hydrogen) atoms. The standard InChI is InChI=1S/C14H21FN2/c1-11-5-2-3-8-17(11)14(10-16)12-6-4-7-13(15)9-12/h4,6-7,9,11,14H,2-3,5,8,10,16H2,1H3. The Balaban J connectivity index is 2.20. The average Bonchev–Trinajstić information content (AvgIpc) is 2.33. The van der Waals surface area contributed by atoms with Gasteiger partial charge in [0.25, 0.3) is 0 Å². The molecule has 1 aliphatic heterocycles. The van der Waals surface area contributed by atoms with Crippen LogP contribution in [0.5, 0.6) is 0 Å². The zero-order chi connectivity index (χ0) is 12.3. The lowest BCUT2D eigenvalue weighted by molar-refractivity contribution is 0.109. The Hall–Kier alpha value is -0.930. The van der Waals surface area contributed by atoms with Gasteiger partial charge < -0.3 is 5.73 Å².